The van der Waals surface area contributed by atoms with Crippen molar-refractivity contribution in [2.75, 3.05) is 6.54 Å². The molecule has 0 radical (unpaired) electrons. The van der Waals surface area contributed by atoms with Crippen LogP contribution in [-0.2, 0) is 6.42 Å². The lowest BCUT2D eigenvalue weighted by molar-refractivity contribution is 0.522. The van der Waals surface area contributed by atoms with Crippen LogP contribution in [0.4, 0.5) is 0 Å². The fourth-order valence-corrected chi connectivity index (χ4v) is 2.73. The summed E-state index contributed by atoms with van der Waals surface area (Å²) in [6.07, 6.45) is 2.19. The van der Waals surface area contributed by atoms with Crippen molar-refractivity contribution in [3.05, 3.63) is 69.7 Å². The van der Waals surface area contributed by atoms with Gasteiger partial charge in [0.25, 0.3) is 0 Å². The van der Waals surface area contributed by atoms with Gasteiger partial charge in [-0.25, -0.2) is 0 Å². The van der Waals surface area contributed by atoms with Gasteiger partial charge in [0.05, 0.1) is 0 Å². The highest BCUT2D eigenvalue weighted by Crippen LogP contribution is 2.19. The lowest BCUT2D eigenvalue weighted by Gasteiger charge is -2.18. The van der Waals surface area contributed by atoms with E-state index in [1.54, 1.807) is 0 Å². The Morgan fingerprint density at radius 3 is 2.40 bits per heavy atom. The third-order valence-corrected chi connectivity index (χ3v) is 4.26. The van der Waals surface area contributed by atoms with E-state index in [0.29, 0.717) is 6.04 Å². The van der Waals surface area contributed by atoms with Crippen molar-refractivity contribution in [3.8, 4) is 0 Å². The Kier molecular flexibility index (Phi) is 5.81. The minimum Gasteiger partial charge on any atom is -0.310 e. The van der Waals surface area contributed by atoms with Gasteiger partial charge in [0.15, 0.2) is 0 Å². The molecule has 0 amide bonds. The first-order valence-corrected chi connectivity index (χ1v) is 8.03. The molecule has 1 unspecified atom stereocenters. The first kappa shape index (κ1) is 15.3. The molecular formula is C18H22BrN. The topological polar surface area (TPSA) is 12.0 Å². The standard InChI is InChI=1S/C18H22BrN/c1-3-18(16-8-10-17(19)11-9-16)20-13-12-15-7-5-4-6-14(15)2/h4-11,18,20H,3,12-13H2,1-2H3. The van der Waals surface area contributed by atoms with Gasteiger partial charge in [-0.3, -0.25) is 0 Å². The molecule has 1 N–H and O–H groups in total. The summed E-state index contributed by atoms with van der Waals surface area (Å²) in [4.78, 5) is 0. The van der Waals surface area contributed by atoms with Crippen molar-refractivity contribution in [2.45, 2.75) is 32.7 Å². The van der Waals surface area contributed by atoms with Crippen molar-refractivity contribution in [1.29, 1.82) is 0 Å². The van der Waals surface area contributed by atoms with Gasteiger partial charge in [0.2, 0.25) is 0 Å². The summed E-state index contributed by atoms with van der Waals surface area (Å²) in [6.45, 7) is 5.42. The summed E-state index contributed by atoms with van der Waals surface area (Å²) < 4.78 is 1.14. The van der Waals surface area contributed by atoms with Gasteiger partial charge in [-0.15, -0.1) is 0 Å². The largest absolute Gasteiger partial charge is 0.310 e. The summed E-state index contributed by atoms with van der Waals surface area (Å²) >= 11 is 3.49. The zero-order chi connectivity index (χ0) is 14.4. The molecule has 1 atom stereocenters. The maximum atomic E-state index is 3.67. The summed E-state index contributed by atoms with van der Waals surface area (Å²) in [5.74, 6) is 0. The summed E-state index contributed by atoms with van der Waals surface area (Å²) in [5.41, 5.74) is 4.18. The Labute approximate surface area is 130 Å². The van der Waals surface area contributed by atoms with Gasteiger partial charge >= 0.3 is 0 Å². The number of aryl methyl sites for hydroxylation is 1. The van der Waals surface area contributed by atoms with E-state index < -0.39 is 0 Å². The number of halogens is 1. The molecule has 2 rings (SSSR count). The fraction of sp³-hybridized carbons (Fsp3) is 0.333. The van der Waals surface area contributed by atoms with Crippen LogP contribution in [-0.4, -0.2) is 6.54 Å². The summed E-state index contributed by atoms with van der Waals surface area (Å²) in [5, 5.41) is 3.67. The Morgan fingerprint density at radius 1 is 1.05 bits per heavy atom. The third-order valence-electron chi connectivity index (χ3n) is 3.73. The van der Waals surface area contributed by atoms with Crippen LogP contribution >= 0.6 is 15.9 Å². The molecule has 1 nitrogen and oxygen atoms in total. The zero-order valence-electron chi connectivity index (χ0n) is 12.2. The average molecular weight is 332 g/mol. The van der Waals surface area contributed by atoms with Gasteiger partial charge in [-0.1, -0.05) is 59.3 Å². The van der Waals surface area contributed by atoms with Crippen molar-refractivity contribution < 1.29 is 0 Å². The van der Waals surface area contributed by atoms with Crippen molar-refractivity contribution in [2.24, 2.45) is 0 Å². The highest BCUT2D eigenvalue weighted by Gasteiger charge is 2.08. The SMILES string of the molecule is CCC(NCCc1ccccc1C)c1ccc(Br)cc1. The molecule has 0 heterocycles. The second kappa shape index (κ2) is 7.61. The maximum Gasteiger partial charge on any atom is 0.0317 e. The average Bonchev–Trinajstić information content (AvgIpc) is 2.47. The van der Waals surface area contributed by atoms with Gasteiger partial charge in [-0.2, -0.15) is 0 Å². The minimum atomic E-state index is 0.437. The number of hydrogen-bond donors (Lipinski definition) is 1. The molecule has 2 aromatic carbocycles. The Balaban J connectivity index is 1.91. The molecule has 0 spiro atoms. The first-order valence-electron chi connectivity index (χ1n) is 7.24. The molecule has 0 fully saturated rings. The molecule has 0 aliphatic rings. The molecule has 0 bridgehead atoms. The molecule has 0 aliphatic heterocycles. The molecule has 2 aromatic rings. The van der Waals surface area contributed by atoms with Crippen LogP contribution < -0.4 is 5.32 Å². The molecule has 0 aromatic heterocycles. The summed E-state index contributed by atoms with van der Waals surface area (Å²) in [7, 11) is 0. The number of rotatable bonds is 6. The Morgan fingerprint density at radius 2 is 1.75 bits per heavy atom. The number of nitrogens with one attached hydrogen (secondary N) is 1. The smallest absolute Gasteiger partial charge is 0.0317 e. The second-order valence-electron chi connectivity index (χ2n) is 5.14. The van der Waals surface area contributed by atoms with Crippen LogP contribution in [0.3, 0.4) is 0 Å². The van der Waals surface area contributed by atoms with Gasteiger partial charge in [0, 0.05) is 10.5 Å². The molecular weight excluding hydrogens is 310 g/mol. The lowest BCUT2D eigenvalue weighted by atomic mass is 10.0. The first-order chi connectivity index (χ1) is 9.70. The molecule has 106 valence electrons. The molecule has 2 heteroatoms. The number of benzene rings is 2. The molecule has 20 heavy (non-hydrogen) atoms. The molecule has 0 saturated carbocycles. The highest BCUT2D eigenvalue weighted by atomic mass is 79.9. The predicted molar refractivity (Wildman–Crippen MR) is 90.1 cm³/mol. The Bertz CT molecular complexity index is 533. The monoisotopic (exact) mass is 331 g/mol. The second-order valence-corrected chi connectivity index (χ2v) is 6.06. The van der Waals surface area contributed by atoms with Crippen LogP contribution in [0, 0.1) is 6.92 Å². The fourth-order valence-electron chi connectivity index (χ4n) is 2.46. The van der Waals surface area contributed by atoms with E-state index in [2.05, 4.69) is 83.6 Å². The van der Waals surface area contributed by atoms with E-state index >= 15 is 0 Å². The summed E-state index contributed by atoms with van der Waals surface area (Å²) in [6, 6.07) is 17.7. The van der Waals surface area contributed by atoms with Gasteiger partial charge in [0.1, 0.15) is 0 Å². The minimum absolute atomic E-state index is 0.437. The van der Waals surface area contributed by atoms with Crippen LogP contribution in [0.1, 0.15) is 36.1 Å². The Hall–Kier alpha value is -1.12. The predicted octanol–water partition coefficient (Wildman–Crippen LogP) is 5.04. The highest BCUT2D eigenvalue weighted by molar-refractivity contribution is 9.10. The van der Waals surface area contributed by atoms with Gasteiger partial charge < -0.3 is 5.32 Å². The van der Waals surface area contributed by atoms with Crippen molar-refractivity contribution in [3.63, 3.8) is 0 Å². The van der Waals surface area contributed by atoms with E-state index in [4.69, 9.17) is 0 Å². The van der Waals surface area contributed by atoms with E-state index in [1.807, 2.05) is 0 Å². The van der Waals surface area contributed by atoms with Crippen LogP contribution in [0.5, 0.6) is 0 Å². The third kappa shape index (κ3) is 4.19. The molecule has 0 aliphatic carbocycles. The van der Waals surface area contributed by atoms with Gasteiger partial charge in [-0.05, 0) is 55.1 Å². The normalized spacial score (nSPS) is 12.3. The van der Waals surface area contributed by atoms with E-state index in [0.717, 1.165) is 23.9 Å². The zero-order valence-corrected chi connectivity index (χ0v) is 13.8. The quantitative estimate of drug-likeness (QED) is 0.781. The van der Waals surface area contributed by atoms with Crippen LogP contribution in [0.15, 0.2) is 53.0 Å². The van der Waals surface area contributed by atoms with E-state index in [1.165, 1.54) is 16.7 Å². The van der Waals surface area contributed by atoms with Crippen LogP contribution in [0.2, 0.25) is 0 Å². The lowest BCUT2D eigenvalue weighted by Crippen LogP contribution is -2.23. The van der Waals surface area contributed by atoms with Crippen LogP contribution in [0.25, 0.3) is 0 Å². The van der Waals surface area contributed by atoms with Crippen molar-refractivity contribution in [1.82, 2.24) is 5.32 Å². The maximum absolute atomic E-state index is 3.67. The number of hydrogen-bond acceptors (Lipinski definition) is 1. The van der Waals surface area contributed by atoms with Crippen molar-refractivity contribution >= 4 is 15.9 Å². The molecule has 0 saturated heterocycles. The van der Waals surface area contributed by atoms with E-state index in [-0.39, 0.29) is 0 Å². The van der Waals surface area contributed by atoms with E-state index in [9.17, 15) is 0 Å².